The lowest BCUT2D eigenvalue weighted by atomic mass is 10.1. The third-order valence-corrected chi connectivity index (χ3v) is 3.14. The van der Waals surface area contributed by atoms with E-state index >= 15 is 0 Å². The lowest BCUT2D eigenvalue weighted by Gasteiger charge is -2.27. The van der Waals surface area contributed by atoms with Crippen molar-refractivity contribution in [2.75, 3.05) is 6.54 Å². The number of carboxylic acid groups (broad SMARTS) is 1. The molecule has 2 N–H and O–H groups in total. The van der Waals surface area contributed by atoms with Gasteiger partial charge in [0.2, 0.25) is 0 Å². The van der Waals surface area contributed by atoms with Crippen LogP contribution >= 0.6 is 0 Å². The molecule has 0 saturated heterocycles. The lowest BCUT2D eigenvalue weighted by molar-refractivity contribution is -0.138. The van der Waals surface area contributed by atoms with Gasteiger partial charge in [-0.2, -0.15) is 0 Å². The van der Waals surface area contributed by atoms with Crippen LogP contribution in [0.15, 0.2) is 18.2 Å². The molecule has 1 aromatic rings. The van der Waals surface area contributed by atoms with Gasteiger partial charge in [0.25, 0.3) is 5.91 Å². The molecule has 0 aromatic heterocycles. The Morgan fingerprint density at radius 3 is 2.53 bits per heavy atom. The molecule has 1 unspecified atom stereocenters. The van der Waals surface area contributed by atoms with Gasteiger partial charge >= 0.3 is 5.97 Å². The van der Waals surface area contributed by atoms with E-state index in [1.54, 1.807) is 32.9 Å². The molecule has 1 aromatic carbocycles. The Bertz CT molecular complexity index is 484. The number of phenols is 1. The first kappa shape index (κ1) is 15.0. The molecular formula is C14H19NO4. The molecule has 0 heterocycles. The van der Waals surface area contributed by atoms with Gasteiger partial charge in [-0.1, -0.05) is 6.07 Å². The Morgan fingerprint density at radius 1 is 1.37 bits per heavy atom. The van der Waals surface area contributed by atoms with Crippen molar-refractivity contribution in [2.45, 2.75) is 33.2 Å². The van der Waals surface area contributed by atoms with Crippen molar-refractivity contribution < 1.29 is 19.8 Å². The van der Waals surface area contributed by atoms with Crippen LogP contribution in [0.25, 0.3) is 0 Å². The summed E-state index contributed by atoms with van der Waals surface area (Å²) >= 11 is 0. The summed E-state index contributed by atoms with van der Waals surface area (Å²) in [6.07, 6.45) is -0.0998. The van der Waals surface area contributed by atoms with Gasteiger partial charge in [-0.25, -0.2) is 0 Å². The van der Waals surface area contributed by atoms with Crippen LogP contribution in [0.1, 0.15) is 36.2 Å². The van der Waals surface area contributed by atoms with Crippen LogP contribution in [0.5, 0.6) is 5.75 Å². The van der Waals surface area contributed by atoms with Gasteiger partial charge in [0, 0.05) is 23.7 Å². The first-order chi connectivity index (χ1) is 8.88. The summed E-state index contributed by atoms with van der Waals surface area (Å²) in [4.78, 5) is 24.6. The number of rotatable bonds is 5. The second-order valence-corrected chi connectivity index (χ2v) is 4.49. The van der Waals surface area contributed by atoms with E-state index < -0.39 is 12.0 Å². The number of benzene rings is 1. The number of nitrogens with zero attached hydrogens (tertiary/aromatic N) is 1. The van der Waals surface area contributed by atoms with E-state index in [0.717, 1.165) is 0 Å². The number of aliphatic carboxylic acids is 1. The molecule has 0 aliphatic rings. The fourth-order valence-corrected chi connectivity index (χ4v) is 2.03. The zero-order valence-corrected chi connectivity index (χ0v) is 11.4. The predicted molar refractivity (Wildman–Crippen MR) is 71.3 cm³/mol. The summed E-state index contributed by atoms with van der Waals surface area (Å²) < 4.78 is 0. The minimum Gasteiger partial charge on any atom is -0.508 e. The van der Waals surface area contributed by atoms with Crippen LogP contribution in [-0.4, -0.2) is 39.6 Å². The SMILES string of the molecule is CCN(C(=O)c1cccc(O)c1C)C(C)CC(=O)O. The number of carbonyl (C=O) groups is 2. The summed E-state index contributed by atoms with van der Waals surface area (Å²) in [5.41, 5.74) is 0.910. The molecular weight excluding hydrogens is 246 g/mol. The number of amides is 1. The maximum atomic E-state index is 12.4. The Balaban J connectivity index is 3.02. The minimum atomic E-state index is -0.939. The second-order valence-electron chi connectivity index (χ2n) is 4.49. The fourth-order valence-electron chi connectivity index (χ4n) is 2.03. The van der Waals surface area contributed by atoms with E-state index in [1.165, 1.54) is 11.0 Å². The van der Waals surface area contributed by atoms with Crippen LogP contribution < -0.4 is 0 Å². The first-order valence-electron chi connectivity index (χ1n) is 6.19. The summed E-state index contributed by atoms with van der Waals surface area (Å²) in [5, 5.41) is 18.4. The van der Waals surface area contributed by atoms with E-state index in [1.807, 2.05) is 0 Å². The minimum absolute atomic E-state index is 0.0628. The van der Waals surface area contributed by atoms with Crippen LogP contribution in [-0.2, 0) is 4.79 Å². The molecule has 19 heavy (non-hydrogen) atoms. The third-order valence-electron chi connectivity index (χ3n) is 3.14. The maximum Gasteiger partial charge on any atom is 0.305 e. The normalized spacial score (nSPS) is 11.9. The van der Waals surface area contributed by atoms with Gasteiger partial charge < -0.3 is 15.1 Å². The summed E-state index contributed by atoms with van der Waals surface area (Å²) in [7, 11) is 0. The molecule has 0 bridgehead atoms. The number of carboxylic acids is 1. The van der Waals surface area contributed by atoms with Gasteiger partial charge in [-0.3, -0.25) is 9.59 Å². The zero-order chi connectivity index (χ0) is 14.6. The maximum absolute atomic E-state index is 12.4. The highest BCUT2D eigenvalue weighted by Gasteiger charge is 2.23. The van der Waals surface area contributed by atoms with Gasteiger partial charge in [-0.05, 0) is 32.9 Å². The van der Waals surface area contributed by atoms with Gasteiger partial charge in [0.05, 0.1) is 6.42 Å². The number of hydrogen-bond donors (Lipinski definition) is 2. The standard InChI is InChI=1S/C14H19NO4/c1-4-15(9(2)8-13(17)18)14(19)11-6-5-7-12(16)10(11)3/h5-7,9,16H,4,8H2,1-3H3,(H,17,18). The fraction of sp³-hybridized carbons (Fsp3) is 0.429. The summed E-state index contributed by atoms with van der Waals surface area (Å²) in [5.74, 6) is -1.14. The monoisotopic (exact) mass is 265 g/mol. The van der Waals surface area contributed by atoms with E-state index in [0.29, 0.717) is 17.7 Å². The lowest BCUT2D eigenvalue weighted by Crippen LogP contribution is -2.40. The molecule has 104 valence electrons. The summed E-state index contributed by atoms with van der Waals surface area (Å²) in [6, 6.07) is 4.36. The molecule has 0 aliphatic heterocycles. The Labute approximate surface area is 112 Å². The van der Waals surface area contributed by atoms with Crippen LogP contribution in [0.3, 0.4) is 0 Å². The Kier molecular flexibility index (Phi) is 4.92. The highest BCUT2D eigenvalue weighted by atomic mass is 16.4. The van der Waals surface area contributed by atoms with E-state index in [-0.39, 0.29) is 18.1 Å². The molecule has 5 nitrogen and oxygen atoms in total. The predicted octanol–water partition coefficient (Wildman–Crippen LogP) is 2.03. The van der Waals surface area contributed by atoms with Crippen molar-refractivity contribution in [1.82, 2.24) is 4.90 Å². The van der Waals surface area contributed by atoms with Crippen molar-refractivity contribution in [3.8, 4) is 5.75 Å². The molecule has 1 amide bonds. The first-order valence-corrected chi connectivity index (χ1v) is 6.19. The zero-order valence-electron chi connectivity index (χ0n) is 11.4. The van der Waals surface area contributed by atoms with Crippen LogP contribution in [0, 0.1) is 6.92 Å². The molecule has 0 spiro atoms. The van der Waals surface area contributed by atoms with E-state index in [2.05, 4.69) is 0 Å². The number of carbonyl (C=O) groups excluding carboxylic acids is 1. The molecule has 0 aliphatic carbocycles. The quantitative estimate of drug-likeness (QED) is 0.853. The van der Waals surface area contributed by atoms with Crippen molar-refractivity contribution in [3.05, 3.63) is 29.3 Å². The van der Waals surface area contributed by atoms with Crippen LogP contribution in [0.2, 0.25) is 0 Å². The molecule has 0 radical (unpaired) electrons. The van der Waals surface area contributed by atoms with Crippen LogP contribution in [0.4, 0.5) is 0 Å². The Morgan fingerprint density at radius 2 is 2.00 bits per heavy atom. The van der Waals surface area contributed by atoms with Gasteiger partial charge in [0.1, 0.15) is 5.75 Å². The second kappa shape index (κ2) is 6.22. The average Bonchev–Trinajstić information content (AvgIpc) is 2.32. The van der Waals surface area contributed by atoms with E-state index in [9.17, 15) is 14.7 Å². The molecule has 1 atom stereocenters. The summed E-state index contributed by atoms with van der Waals surface area (Å²) in [6.45, 7) is 5.59. The smallest absolute Gasteiger partial charge is 0.305 e. The Hall–Kier alpha value is -2.04. The van der Waals surface area contributed by atoms with Crippen molar-refractivity contribution >= 4 is 11.9 Å². The number of phenolic OH excluding ortho intramolecular Hbond substituents is 1. The number of aromatic hydroxyl groups is 1. The molecule has 5 heteroatoms. The highest BCUT2D eigenvalue weighted by Crippen LogP contribution is 2.22. The molecule has 0 fully saturated rings. The highest BCUT2D eigenvalue weighted by molar-refractivity contribution is 5.96. The molecule has 0 saturated carbocycles. The molecule has 1 rings (SSSR count). The largest absolute Gasteiger partial charge is 0.508 e. The van der Waals surface area contributed by atoms with Crippen molar-refractivity contribution in [3.63, 3.8) is 0 Å². The average molecular weight is 265 g/mol. The topological polar surface area (TPSA) is 77.8 Å². The van der Waals surface area contributed by atoms with Crippen molar-refractivity contribution in [1.29, 1.82) is 0 Å². The third kappa shape index (κ3) is 3.47. The van der Waals surface area contributed by atoms with Gasteiger partial charge in [-0.15, -0.1) is 0 Å². The number of hydrogen-bond acceptors (Lipinski definition) is 3. The van der Waals surface area contributed by atoms with Crippen molar-refractivity contribution in [2.24, 2.45) is 0 Å². The van der Waals surface area contributed by atoms with Gasteiger partial charge in [0.15, 0.2) is 0 Å². The van der Waals surface area contributed by atoms with E-state index in [4.69, 9.17) is 5.11 Å².